The van der Waals surface area contributed by atoms with Gasteiger partial charge in [0, 0.05) is 23.7 Å². The lowest BCUT2D eigenvalue weighted by atomic mass is 10.2. The largest absolute Gasteiger partial charge is 0.348 e. The molecule has 24 heavy (non-hydrogen) atoms. The highest BCUT2D eigenvalue weighted by atomic mass is 16.1. The maximum Gasteiger partial charge on any atom is 0.270 e. The average Bonchev–Trinajstić information content (AvgIpc) is 2.62. The summed E-state index contributed by atoms with van der Waals surface area (Å²) in [6, 6.07) is 11.5. The van der Waals surface area contributed by atoms with E-state index in [2.05, 4.69) is 25.6 Å². The van der Waals surface area contributed by atoms with Crippen molar-refractivity contribution in [3.63, 3.8) is 0 Å². The van der Waals surface area contributed by atoms with Gasteiger partial charge in [-0.3, -0.25) is 9.78 Å². The molecule has 6 heteroatoms. The van der Waals surface area contributed by atoms with Crippen molar-refractivity contribution in [3.05, 3.63) is 54.6 Å². The lowest BCUT2D eigenvalue weighted by molar-refractivity contribution is 0.0934. The zero-order chi connectivity index (χ0) is 16.9. The van der Waals surface area contributed by atoms with Crippen molar-refractivity contribution in [1.29, 1.82) is 0 Å². The van der Waals surface area contributed by atoms with E-state index in [1.54, 1.807) is 12.3 Å². The smallest absolute Gasteiger partial charge is 0.270 e. The molecule has 0 saturated carbocycles. The Labute approximate surface area is 140 Å². The van der Waals surface area contributed by atoms with Crippen molar-refractivity contribution in [2.45, 2.75) is 26.3 Å². The Morgan fingerprint density at radius 3 is 2.83 bits per heavy atom. The van der Waals surface area contributed by atoms with Crippen molar-refractivity contribution >= 4 is 28.3 Å². The Morgan fingerprint density at radius 1 is 1.17 bits per heavy atom. The number of hydrogen-bond donors (Lipinski definition) is 2. The topological polar surface area (TPSA) is 79.8 Å². The molecule has 3 rings (SSSR count). The van der Waals surface area contributed by atoms with E-state index in [9.17, 15) is 4.79 Å². The van der Waals surface area contributed by atoms with Crippen molar-refractivity contribution in [3.8, 4) is 0 Å². The van der Waals surface area contributed by atoms with Gasteiger partial charge in [0.15, 0.2) is 0 Å². The van der Waals surface area contributed by atoms with E-state index < -0.39 is 0 Å². The lowest BCUT2D eigenvalue weighted by Crippen LogP contribution is -2.32. The van der Waals surface area contributed by atoms with Crippen LogP contribution in [0.4, 0.5) is 11.5 Å². The van der Waals surface area contributed by atoms with E-state index in [1.165, 1.54) is 6.33 Å². The Morgan fingerprint density at radius 2 is 2.00 bits per heavy atom. The van der Waals surface area contributed by atoms with Crippen molar-refractivity contribution in [2.24, 2.45) is 0 Å². The summed E-state index contributed by atoms with van der Waals surface area (Å²) in [5.41, 5.74) is 2.02. The first-order chi connectivity index (χ1) is 11.7. The first-order valence-corrected chi connectivity index (χ1v) is 7.91. The number of anilines is 2. The second-order valence-electron chi connectivity index (χ2n) is 5.58. The Balaban J connectivity index is 1.85. The average molecular weight is 321 g/mol. The molecule has 0 aliphatic rings. The van der Waals surface area contributed by atoms with Gasteiger partial charge in [-0.15, -0.1) is 0 Å². The molecule has 1 amide bonds. The van der Waals surface area contributed by atoms with Crippen LogP contribution in [0.5, 0.6) is 0 Å². The molecule has 3 aromatic rings. The Bertz CT molecular complexity index is 859. The highest BCUT2D eigenvalue weighted by Crippen LogP contribution is 2.23. The van der Waals surface area contributed by atoms with E-state index in [0.29, 0.717) is 11.5 Å². The minimum Gasteiger partial charge on any atom is -0.348 e. The molecule has 2 aromatic heterocycles. The van der Waals surface area contributed by atoms with Gasteiger partial charge in [0.25, 0.3) is 5.91 Å². The van der Waals surface area contributed by atoms with Gasteiger partial charge in [0.05, 0.1) is 11.2 Å². The SMILES string of the molecule is CCC(C)NC(=O)c1cc(Nc2cccc3cccnc23)ncn1. The summed E-state index contributed by atoms with van der Waals surface area (Å²) in [5, 5.41) is 7.15. The molecule has 0 aliphatic heterocycles. The number of nitrogens with zero attached hydrogens (tertiary/aromatic N) is 3. The van der Waals surface area contributed by atoms with Crippen LogP contribution in [-0.2, 0) is 0 Å². The molecule has 0 aliphatic carbocycles. The summed E-state index contributed by atoms with van der Waals surface area (Å²) >= 11 is 0. The van der Waals surface area contributed by atoms with E-state index in [4.69, 9.17) is 0 Å². The molecular formula is C18H19N5O. The molecule has 1 atom stereocenters. The fourth-order valence-corrected chi connectivity index (χ4v) is 2.29. The maximum absolute atomic E-state index is 12.2. The van der Waals surface area contributed by atoms with Crippen LogP contribution >= 0.6 is 0 Å². The third-order valence-electron chi connectivity index (χ3n) is 3.79. The van der Waals surface area contributed by atoms with Crippen molar-refractivity contribution in [2.75, 3.05) is 5.32 Å². The number of amides is 1. The fourth-order valence-electron chi connectivity index (χ4n) is 2.29. The van der Waals surface area contributed by atoms with E-state index >= 15 is 0 Å². The molecule has 0 radical (unpaired) electrons. The molecule has 0 bridgehead atoms. The number of para-hydroxylation sites is 1. The first kappa shape index (κ1) is 15.9. The highest BCUT2D eigenvalue weighted by Gasteiger charge is 2.11. The second-order valence-corrected chi connectivity index (χ2v) is 5.58. The fraction of sp³-hybridized carbons (Fsp3) is 0.222. The number of hydrogen-bond acceptors (Lipinski definition) is 5. The van der Waals surface area contributed by atoms with Crippen LogP contribution in [0.3, 0.4) is 0 Å². The van der Waals surface area contributed by atoms with Crippen LogP contribution in [0.15, 0.2) is 48.9 Å². The molecule has 122 valence electrons. The van der Waals surface area contributed by atoms with Crippen LogP contribution in [0.2, 0.25) is 0 Å². The van der Waals surface area contributed by atoms with Crippen molar-refractivity contribution < 1.29 is 4.79 Å². The Hall–Kier alpha value is -3.02. The number of rotatable bonds is 5. The predicted octanol–water partition coefficient (Wildman–Crippen LogP) is 3.30. The maximum atomic E-state index is 12.2. The van der Waals surface area contributed by atoms with Crippen LogP contribution < -0.4 is 10.6 Å². The number of fused-ring (bicyclic) bond motifs is 1. The molecule has 0 fully saturated rings. The minimum atomic E-state index is -0.203. The summed E-state index contributed by atoms with van der Waals surface area (Å²) in [6.45, 7) is 3.98. The van der Waals surface area contributed by atoms with Crippen LogP contribution in [0, 0.1) is 0 Å². The number of carbonyl (C=O) groups excluding carboxylic acids is 1. The van der Waals surface area contributed by atoms with E-state index in [1.807, 2.05) is 44.2 Å². The number of benzene rings is 1. The summed E-state index contributed by atoms with van der Waals surface area (Å²) in [6.07, 6.45) is 3.99. The van der Waals surface area contributed by atoms with Gasteiger partial charge in [-0.1, -0.05) is 25.1 Å². The van der Waals surface area contributed by atoms with Crippen LogP contribution in [0.1, 0.15) is 30.8 Å². The second kappa shape index (κ2) is 7.04. The Kier molecular flexibility index (Phi) is 4.65. The zero-order valence-corrected chi connectivity index (χ0v) is 13.7. The highest BCUT2D eigenvalue weighted by molar-refractivity contribution is 5.94. The molecule has 2 heterocycles. The van der Waals surface area contributed by atoms with Crippen molar-refractivity contribution in [1.82, 2.24) is 20.3 Å². The standard InChI is InChI=1S/C18H19N5O/c1-3-12(2)22-18(24)15-10-16(21-11-20-15)23-14-8-4-6-13-7-5-9-19-17(13)14/h4-12H,3H2,1-2H3,(H,22,24)(H,20,21,23). The van der Waals surface area contributed by atoms with Gasteiger partial charge in [0.1, 0.15) is 17.8 Å². The predicted molar refractivity (Wildman–Crippen MR) is 94.3 cm³/mol. The summed E-state index contributed by atoms with van der Waals surface area (Å²) in [5.74, 6) is 0.350. The van der Waals surface area contributed by atoms with E-state index in [0.717, 1.165) is 23.0 Å². The first-order valence-electron chi connectivity index (χ1n) is 7.91. The number of carbonyl (C=O) groups is 1. The van der Waals surface area contributed by atoms with Gasteiger partial charge in [-0.2, -0.15) is 0 Å². The van der Waals surface area contributed by atoms with E-state index in [-0.39, 0.29) is 11.9 Å². The molecular weight excluding hydrogens is 302 g/mol. The zero-order valence-electron chi connectivity index (χ0n) is 13.7. The quantitative estimate of drug-likeness (QED) is 0.754. The minimum absolute atomic E-state index is 0.103. The monoisotopic (exact) mass is 321 g/mol. The number of aromatic nitrogens is 3. The third kappa shape index (κ3) is 3.48. The summed E-state index contributed by atoms with van der Waals surface area (Å²) in [4.78, 5) is 24.8. The third-order valence-corrected chi connectivity index (χ3v) is 3.79. The lowest BCUT2D eigenvalue weighted by Gasteiger charge is -2.12. The van der Waals surface area contributed by atoms with Gasteiger partial charge in [-0.05, 0) is 25.5 Å². The molecule has 0 spiro atoms. The summed E-state index contributed by atoms with van der Waals surface area (Å²) < 4.78 is 0. The summed E-state index contributed by atoms with van der Waals surface area (Å²) in [7, 11) is 0. The normalized spacial score (nSPS) is 11.9. The molecule has 2 N–H and O–H groups in total. The molecule has 0 saturated heterocycles. The number of nitrogens with one attached hydrogen (secondary N) is 2. The van der Waals surface area contributed by atoms with Gasteiger partial charge >= 0.3 is 0 Å². The van der Waals surface area contributed by atoms with Crippen LogP contribution in [-0.4, -0.2) is 26.9 Å². The molecule has 1 aromatic carbocycles. The molecule has 1 unspecified atom stereocenters. The van der Waals surface area contributed by atoms with Crippen LogP contribution in [0.25, 0.3) is 10.9 Å². The molecule has 6 nitrogen and oxygen atoms in total. The number of pyridine rings is 1. The van der Waals surface area contributed by atoms with Gasteiger partial charge < -0.3 is 10.6 Å². The van der Waals surface area contributed by atoms with Gasteiger partial charge in [-0.25, -0.2) is 9.97 Å². The van der Waals surface area contributed by atoms with Gasteiger partial charge in [0.2, 0.25) is 0 Å².